The number of nitrogens with two attached hydrogens (primary N) is 1. The number of aromatic nitrogens is 2. The average Bonchev–Trinajstić information content (AvgIpc) is 2.69. The Morgan fingerprint density at radius 2 is 2.39 bits per heavy atom. The molecule has 0 bridgehead atoms. The Hall–Kier alpha value is -1.96. The molecular weight excluding hydrogens is 238 g/mol. The van der Waals surface area contributed by atoms with E-state index < -0.39 is 4.92 Å². The number of amides is 1. The highest BCUT2D eigenvalue weighted by atomic mass is 16.6. The molecule has 0 unspecified atom stereocenters. The molecule has 0 spiro atoms. The van der Waals surface area contributed by atoms with Crippen molar-refractivity contribution >= 4 is 11.7 Å². The Kier molecular flexibility index (Phi) is 5.25. The van der Waals surface area contributed by atoms with Gasteiger partial charge >= 0.3 is 5.82 Å². The van der Waals surface area contributed by atoms with Gasteiger partial charge in [0.05, 0.1) is 23.4 Å². The quantitative estimate of drug-likeness (QED) is 0.402. The van der Waals surface area contributed by atoms with Crippen molar-refractivity contribution in [1.82, 2.24) is 15.1 Å². The van der Waals surface area contributed by atoms with Crippen LogP contribution in [0.2, 0.25) is 0 Å². The van der Waals surface area contributed by atoms with Crippen molar-refractivity contribution in [3.63, 3.8) is 0 Å². The first-order valence-corrected chi connectivity index (χ1v) is 5.70. The van der Waals surface area contributed by atoms with E-state index in [-0.39, 0.29) is 18.1 Å². The van der Waals surface area contributed by atoms with Crippen molar-refractivity contribution in [2.45, 2.75) is 26.3 Å². The van der Waals surface area contributed by atoms with Crippen LogP contribution >= 0.6 is 0 Å². The minimum absolute atomic E-state index is 0.110. The van der Waals surface area contributed by atoms with Crippen LogP contribution in [0.3, 0.4) is 0 Å². The van der Waals surface area contributed by atoms with Crippen LogP contribution in [-0.2, 0) is 11.3 Å². The maximum Gasteiger partial charge on any atom is 0.390 e. The maximum atomic E-state index is 11.4. The summed E-state index contributed by atoms with van der Waals surface area (Å²) in [6, 6.07) is 1.38. The third kappa shape index (κ3) is 4.13. The molecule has 0 aliphatic heterocycles. The lowest BCUT2D eigenvalue weighted by Gasteiger charge is -2.03. The fraction of sp³-hybridized carbons (Fsp3) is 0.600. The van der Waals surface area contributed by atoms with Gasteiger partial charge < -0.3 is 21.2 Å². The van der Waals surface area contributed by atoms with Crippen molar-refractivity contribution in [3.05, 3.63) is 21.9 Å². The summed E-state index contributed by atoms with van der Waals surface area (Å²) < 4.78 is 1.46. The summed E-state index contributed by atoms with van der Waals surface area (Å²) in [5, 5.41) is 17.0. The van der Waals surface area contributed by atoms with Crippen LogP contribution in [0.15, 0.2) is 6.07 Å². The number of carbonyl (C=O) groups is 1. The number of rotatable bonds is 7. The summed E-state index contributed by atoms with van der Waals surface area (Å²) in [6.45, 7) is 3.12. The SMILES string of the molecule is Cc1cc([N+](=O)[O-])nn1CCC(=O)NCCCN. The number of hydrogen-bond donors (Lipinski definition) is 2. The predicted molar refractivity (Wildman–Crippen MR) is 64.9 cm³/mol. The number of carbonyl (C=O) groups excluding carboxylic acids is 1. The Bertz CT molecular complexity index is 429. The summed E-state index contributed by atoms with van der Waals surface area (Å²) in [5.41, 5.74) is 5.96. The molecule has 1 aromatic rings. The highest BCUT2D eigenvalue weighted by molar-refractivity contribution is 5.75. The molecule has 3 N–H and O–H groups in total. The molecule has 100 valence electrons. The second kappa shape index (κ2) is 6.70. The van der Waals surface area contributed by atoms with E-state index in [1.54, 1.807) is 6.92 Å². The van der Waals surface area contributed by atoms with Gasteiger partial charge in [-0.05, 0) is 24.8 Å². The topological polar surface area (TPSA) is 116 Å². The first-order valence-electron chi connectivity index (χ1n) is 5.70. The second-order valence-corrected chi connectivity index (χ2v) is 3.87. The van der Waals surface area contributed by atoms with E-state index in [0.29, 0.717) is 25.3 Å². The lowest BCUT2D eigenvalue weighted by atomic mass is 10.3. The number of nitrogens with one attached hydrogen (secondary N) is 1. The standard InChI is InChI=1S/C10H17N5O3/c1-8-7-9(15(17)18)13-14(8)6-3-10(16)12-5-2-4-11/h7H,2-6,11H2,1H3,(H,12,16). The fourth-order valence-electron chi connectivity index (χ4n) is 1.43. The van der Waals surface area contributed by atoms with E-state index in [9.17, 15) is 14.9 Å². The Balaban J connectivity index is 2.43. The van der Waals surface area contributed by atoms with E-state index >= 15 is 0 Å². The third-order valence-corrected chi connectivity index (χ3v) is 2.41. The lowest BCUT2D eigenvalue weighted by Crippen LogP contribution is -2.27. The fourth-order valence-corrected chi connectivity index (χ4v) is 1.43. The number of nitro groups is 1. The molecule has 0 saturated heterocycles. The van der Waals surface area contributed by atoms with Crippen LogP contribution in [0, 0.1) is 17.0 Å². The summed E-state index contributed by atoms with van der Waals surface area (Å²) in [5.74, 6) is -0.308. The monoisotopic (exact) mass is 255 g/mol. The van der Waals surface area contributed by atoms with E-state index in [1.807, 2.05) is 0 Å². The molecular formula is C10H17N5O3. The van der Waals surface area contributed by atoms with Crippen molar-refractivity contribution in [2.24, 2.45) is 5.73 Å². The molecule has 1 amide bonds. The minimum atomic E-state index is -0.551. The molecule has 8 heteroatoms. The first kappa shape index (κ1) is 14.1. The Labute approximate surface area is 104 Å². The molecule has 0 radical (unpaired) electrons. The summed E-state index contributed by atoms with van der Waals surface area (Å²) in [4.78, 5) is 21.4. The van der Waals surface area contributed by atoms with Gasteiger partial charge in [-0.3, -0.25) is 4.79 Å². The van der Waals surface area contributed by atoms with Crippen molar-refractivity contribution in [2.75, 3.05) is 13.1 Å². The largest absolute Gasteiger partial charge is 0.390 e. The van der Waals surface area contributed by atoms with Gasteiger partial charge in [-0.1, -0.05) is 0 Å². The smallest absolute Gasteiger partial charge is 0.358 e. The third-order valence-electron chi connectivity index (χ3n) is 2.41. The second-order valence-electron chi connectivity index (χ2n) is 3.87. The van der Waals surface area contributed by atoms with Crippen LogP contribution in [0.1, 0.15) is 18.5 Å². The molecule has 1 rings (SSSR count). The van der Waals surface area contributed by atoms with E-state index in [4.69, 9.17) is 5.73 Å². The van der Waals surface area contributed by atoms with E-state index in [2.05, 4.69) is 10.4 Å². The number of aryl methyl sites for hydroxylation is 2. The van der Waals surface area contributed by atoms with Gasteiger partial charge in [0, 0.05) is 13.0 Å². The van der Waals surface area contributed by atoms with E-state index in [0.717, 1.165) is 6.42 Å². The number of nitrogens with zero attached hydrogens (tertiary/aromatic N) is 3. The summed E-state index contributed by atoms with van der Waals surface area (Å²) in [6.07, 6.45) is 0.974. The van der Waals surface area contributed by atoms with Crippen LogP contribution in [-0.4, -0.2) is 33.7 Å². The van der Waals surface area contributed by atoms with Crippen LogP contribution in [0.4, 0.5) is 5.82 Å². The zero-order valence-electron chi connectivity index (χ0n) is 10.3. The first-order chi connectivity index (χ1) is 8.54. The van der Waals surface area contributed by atoms with Crippen LogP contribution in [0.25, 0.3) is 0 Å². The molecule has 0 atom stereocenters. The normalized spacial score (nSPS) is 10.3. The average molecular weight is 255 g/mol. The van der Waals surface area contributed by atoms with Crippen LogP contribution in [0.5, 0.6) is 0 Å². The predicted octanol–water partition coefficient (Wildman–Crippen LogP) is -0.0452. The van der Waals surface area contributed by atoms with Crippen molar-refractivity contribution in [3.8, 4) is 0 Å². The van der Waals surface area contributed by atoms with Crippen LogP contribution < -0.4 is 11.1 Å². The molecule has 0 fully saturated rings. The highest BCUT2D eigenvalue weighted by Gasteiger charge is 2.15. The Morgan fingerprint density at radius 1 is 1.67 bits per heavy atom. The highest BCUT2D eigenvalue weighted by Crippen LogP contribution is 2.11. The van der Waals surface area contributed by atoms with Crippen molar-refractivity contribution < 1.29 is 9.72 Å². The zero-order chi connectivity index (χ0) is 13.5. The summed E-state index contributed by atoms with van der Waals surface area (Å²) in [7, 11) is 0. The van der Waals surface area contributed by atoms with E-state index in [1.165, 1.54) is 10.7 Å². The van der Waals surface area contributed by atoms with Gasteiger partial charge in [-0.15, -0.1) is 0 Å². The van der Waals surface area contributed by atoms with Gasteiger partial charge in [0.1, 0.15) is 0 Å². The molecule has 1 heterocycles. The van der Waals surface area contributed by atoms with Gasteiger partial charge in [-0.25, -0.2) is 0 Å². The molecule has 0 aliphatic rings. The van der Waals surface area contributed by atoms with Gasteiger partial charge in [0.2, 0.25) is 5.91 Å². The number of hydrogen-bond acceptors (Lipinski definition) is 5. The van der Waals surface area contributed by atoms with Crippen molar-refractivity contribution in [1.29, 1.82) is 0 Å². The molecule has 18 heavy (non-hydrogen) atoms. The molecule has 0 aromatic carbocycles. The molecule has 1 aromatic heterocycles. The zero-order valence-corrected chi connectivity index (χ0v) is 10.3. The molecule has 0 saturated carbocycles. The van der Waals surface area contributed by atoms with Gasteiger partial charge in [0.15, 0.2) is 0 Å². The molecule has 8 nitrogen and oxygen atoms in total. The maximum absolute atomic E-state index is 11.4. The lowest BCUT2D eigenvalue weighted by molar-refractivity contribution is -0.389. The summed E-state index contributed by atoms with van der Waals surface area (Å²) >= 11 is 0. The minimum Gasteiger partial charge on any atom is -0.358 e. The van der Waals surface area contributed by atoms with Gasteiger partial charge in [-0.2, -0.15) is 4.68 Å². The molecule has 0 aliphatic carbocycles. The Morgan fingerprint density at radius 3 is 2.94 bits per heavy atom. The van der Waals surface area contributed by atoms with Gasteiger partial charge in [0.25, 0.3) is 0 Å².